The number of carbonyl (C=O) groups excluding carboxylic acids is 1. The Labute approximate surface area is 86.3 Å². The Morgan fingerprint density at radius 2 is 2.64 bits per heavy atom. The molecule has 0 aliphatic heterocycles. The third-order valence-corrected chi connectivity index (χ3v) is 2.52. The minimum absolute atomic E-state index is 0.398. The summed E-state index contributed by atoms with van der Waals surface area (Å²) in [7, 11) is 1.60. The van der Waals surface area contributed by atoms with Gasteiger partial charge in [0.25, 0.3) is 0 Å². The molecule has 14 heavy (non-hydrogen) atoms. The van der Waals surface area contributed by atoms with E-state index < -0.39 is 11.9 Å². The first-order valence-electron chi connectivity index (χ1n) is 4.15. The fraction of sp³-hybridized carbons (Fsp3) is 0.500. The first-order valence-corrected chi connectivity index (χ1v) is 5.03. The molecule has 1 atom stereocenters. The van der Waals surface area contributed by atoms with Gasteiger partial charge in [-0.2, -0.15) is 0 Å². The molecule has 1 aromatic rings. The Hall–Kier alpha value is -0.980. The minimum atomic E-state index is -0.461. The molecular formula is C8H13N3O2S. The fourth-order valence-corrected chi connectivity index (χ4v) is 1.72. The topological polar surface area (TPSA) is 77.2 Å². The van der Waals surface area contributed by atoms with Gasteiger partial charge in [0.2, 0.25) is 5.91 Å². The first-order chi connectivity index (χ1) is 6.75. The Balaban J connectivity index is 2.52. The van der Waals surface area contributed by atoms with Crippen LogP contribution in [0.25, 0.3) is 0 Å². The van der Waals surface area contributed by atoms with Crippen LogP contribution in [-0.2, 0) is 9.53 Å². The van der Waals surface area contributed by atoms with Gasteiger partial charge in [-0.05, 0) is 0 Å². The molecule has 0 aliphatic rings. The van der Waals surface area contributed by atoms with E-state index in [4.69, 9.17) is 10.5 Å². The Bertz CT molecular complexity index is 276. The lowest BCUT2D eigenvalue weighted by atomic mass is 10.2. The molecule has 6 heteroatoms. The molecule has 78 valence electrons. The summed E-state index contributed by atoms with van der Waals surface area (Å²) in [5.74, 6) is -0.398. The van der Waals surface area contributed by atoms with Gasteiger partial charge in [-0.15, -0.1) is 11.3 Å². The molecule has 1 unspecified atom stereocenters. The summed E-state index contributed by atoms with van der Waals surface area (Å²) in [5, 5.41) is 2.99. The zero-order valence-electron chi connectivity index (χ0n) is 7.90. The van der Waals surface area contributed by atoms with Crippen LogP contribution in [-0.4, -0.2) is 31.2 Å². The number of thiazole rings is 1. The van der Waals surface area contributed by atoms with Crippen LogP contribution in [0, 0.1) is 0 Å². The maximum Gasteiger partial charge on any atom is 0.240 e. The zero-order chi connectivity index (χ0) is 10.4. The Kier molecular flexibility index (Phi) is 4.51. The van der Waals surface area contributed by atoms with Gasteiger partial charge in [0.15, 0.2) is 0 Å². The lowest BCUT2D eigenvalue weighted by Gasteiger charge is -2.12. The highest BCUT2D eigenvalue weighted by Crippen LogP contribution is 2.16. The highest BCUT2D eigenvalue weighted by Gasteiger charge is 2.17. The highest BCUT2D eigenvalue weighted by atomic mass is 32.1. The number of rotatable bonds is 6. The first kappa shape index (κ1) is 11.1. The fourth-order valence-electron chi connectivity index (χ4n) is 1.01. The normalized spacial score (nSPS) is 12.6. The predicted molar refractivity (Wildman–Crippen MR) is 53.9 cm³/mol. The van der Waals surface area contributed by atoms with E-state index in [1.165, 1.54) is 11.3 Å². The number of nitrogens with zero attached hydrogens (tertiary/aromatic N) is 1. The largest absolute Gasteiger partial charge is 0.383 e. The van der Waals surface area contributed by atoms with Crippen LogP contribution in [0.5, 0.6) is 0 Å². The van der Waals surface area contributed by atoms with Gasteiger partial charge in [0, 0.05) is 19.9 Å². The molecule has 0 radical (unpaired) electrons. The molecule has 0 fully saturated rings. The maximum atomic E-state index is 11.1. The van der Waals surface area contributed by atoms with E-state index >= 15 is 0 Å². The van der Waals surface area contributed by atoms with E-state index in [-0.39, 0.29) is 0 Å². The number of aromatic nitrogens is 1. The van der Waals surface area contributed by atoms with Crippen LogP contribution < -0.4 is 11.1 Å². The van der Waals surface area contributed by atoms with Gasteiger partial charge in [-0.25, -0.2) is 0 Å². The molecule has 0 saturated heterocycles. The van der Waals surface area contributed by atoms with Gasteiger partial charge < -0.3 is 10.5 Å². The number of nitrogens with two attached hydrogens (primary N) is 1. The third-order valence-electron chi connectivity index (χ3n) is 1.68. The third kappa shape index (κ3) is 3.06. The number of carbonyl (C=O) groups is 1. The van der Waals surface area contributed by atoms with Crippen LogP contribution in [0.3, 0.4) is 0 Å². The molecule has 0 bridgehead atoms. The number of ether oxygens (including phenoxy) is 1. The van der Waals surface area contributed by atoms with Crippen LogP contribution in [0.1, 0.15) is 10.9 Å². The monoisotopic (exact) mass is 215 g/mol. The van der Waals surface area contributed by atoms with E-state index in [1.54, 1.807) is 18.8 Å². The minimum Gasteiger partial charge on any atom is -0.383 e. The maximum absolute atomic E-state index is 11.1. The molecular weight excluding hydrogens is 202 g/mol. The van der Waals surface area contributed by atoms with Crippen LogP contribution in [0.15, 0.2) is 11.7 Å². The molecule has 1 rings (SSSR count). The summed E-state index contributed by atoms with van der Waals surface area (Å²) < 4.78 is 4.86. The number of nitrogens with one attached hydrogen (secondary N) is 1. The van der Waals surface area contributed by atoms with E-state index in [1.807, 2.05) is 0 Å². The van der Waals surface area contributed by atoms with Gasteiger partial charge in [-0.1, -0.05) is 0 Å². The predicted octanol–water partition coefficient (Wildman–Crippen LogP) is -0.0945. The average Bonchev–Trinajstić information content (AvgIpc) is 2.64. The van der Waals surface area contributed by atoms with Crippen molar-refractivity contribution in [2.24, 2.45) is 5.73 Å². The molecule has 3 N–H and O–H groups in total. The number of methoxy groups -OCH3 is 1. The number of hydrogen-bond acceptors (Lipinski definition) is 5. The van der Waals surface area contributed by atoms with Crippen LogP contribution in [0.4, 0.5) is 0 Å². The zero-order valence-corrected chi connectivity index (χ0v) is 8.71. The van der Waals surface area contributed by atoms with E-state index in [0.717, 1.165) is 4.88 Å². The summed E-state index contributed by atoms with van der Waals surface area (Å²) in [6.07, 6.45) is 1.64. The van der Waals surface area contributed by atoms with Crippen molar-refractivity contribution >= 4 is 17.2 Å². The van der Waals surface area contributed by atoms with Gasteiger partial charge in [-0.3, -0.25) is 15.1 Å². The van der Waals surface area contributed by atoms with Gasteiger partial charge >= 0.3 is 0 Å². The van der Waals surface area contributed by atoms with E-state index in [9.17, 15) is 4.79 Å². The molecule has 1 heterocycles. The van der Waals surface area contributed by atoms with Crippen molar-refractivity contribution < 1.29 is 9.53 Å². The second-order valence-corrected chi connectivity index (χ2v) is 3.60. The summed E-state index contributed by atoms with van der Waals surface area (Å²) in [6.45, 7) is 1.13. The van der Waals surface area contributed by atoms with Crippen molar-refractivity contribution in [1.82, 2.24) is 10.3 Å². The van der Waals surface area contributed by atoms with Crippen LogP contribution in [0.2, 0.25) is 0 Å². The molecule has 0 saturated carbocycles. The van der Waals surface area contributed by atoms with Gasteiger partial charge in [0.05, 0.1) is 17.0 Å². The number of hydrogen-bond donors (Lipinski definition) is 2. The quantitative estimate of drug-likeness (QED) is 0.650. The molecule has 0 spiro atoms. The van der Waals surface area contributed by atoms with Gasteiger partial charge in [0.1, 0.15) is 6.04 Å². The Morgan fingerprint density at radius 3 is 3.14 bits per heavy atom. The van der Waals surface area contributed by atoms with Crippen molar-refractivity contribution in [3.8, 4) is 0 Å². The second-order valence-electron chi connectivity index (χ2n) is 2.69. The molecule has 5 nitrogen and oxygen atoms in total. The summed E-state index contributed by atoms with van der Waals surface area (Å²) in [4.78, 5) is 15.8. The molecule has 0 aromatic carbocycles. The number of amides is 1. The van der Waals surface area contributed by atoms with Crippen molar-refractivity contribution in [2.45, 2.75) is 6.04 Å². The Morgan fingerprint density at radius 1 is 1.86 bits per heavy atom. The van der Waals surface area contributed by atoms with Crippen molar-refractivity contribution in [3.63, 3.8) is 0 Å². The standard InChI is InChI=1S/C8H13N3O2S/c1-13-3-2-11-7(8(9)12)6-4-10-5-14-6/h4-5,7,11H,2-3H2,1H3,(H2,9,12). The van der Waals surface area contributed by atoms with Crippen molar-refractivity contribution in [1.29, 1.82) is 0 Å². The second kappa shape index (κ2) is 5.69. The molecule has 1 amide bonds. The lowest BCUT2D eigenvalue weighted by molar-refractivity contribution is -0.120. The van der Waals surface area contributed by atoms with E-state index in [0.29, 0.717) is 13.2 Å². The van der Waals surface area contributed by atoms with Crippen molar-refractivity contribution in [2.75, 3.05) is 20.3 Å². The SMILES string of the molecule is COCCNC(C(N)=O)c1cncs1. The number of primary amides is 1. The smallest absolute Gasteiger partial charge is 0.240 e. The summed E-state index contributed by atoms with van der Waals surface area (Å²) in [6, 6.07) is -0.461. The summed E-state index contributed by atoms with van der Waals surface area (Å²) >= 11 is 1.40. The lowest BCUT2D eigenvalue weighted by Crippen LogP contribution is -2.34. The van der Waals surface area contributed by atoms with E-state index in [2.05, 4.69) is 10.3 Å². The molecule has 1 aromatic heterocycles. The summed E-state index contributed by atoms with van der Waals surface area (Å²) in [5.41, 5.74) is 6.92. The van der Waals surface area contributed by atoms with Crippen molar-refractivity contribution in [3.05, 3.63) is 16.6 Å². The average molecular weight is 215 g/mol. The van der Waals surface area contributed by atoms with Crippen LogP contribution >= 0.6 is 11.3 Å². The molecule has 0 aliphatic carbocycles. The highest BCUT2D eigenvalue weighted by molar-refractivity contribution is 7.09.